The highest BCUT2D eigenvalue weighted by molar-refractivity contribution is 6.02. The van der Waals surface area contributed by atoms with Crippen LogP contribution in [0.2, 0.25) is 0 Å². The first-order valence-corrected chi connectivity index (χ1v) is 9.01. The number of hydrogen-bond acceptors (Lipinski definition) is 3. The molecule has 0 spiro atoms. The summed E-state index contributed by atoms with van der Waals surface area (Å²) in [5.41, 5.74) is 6.37. The standard InChI is InChI=1S/C22H25N3O2/c1-14(2)25-15(3)10-19(16(25)4)13-23-24-22(26)20-11-17-8-6-7-9-18(17)12-21(20)27-5/h6-14H,1-5H3,(H,24,26)/b23-13-. The van der Waals surface area contributed by atoms with Crippen molar-refractivity contribution in [3.63, 3.8) is 0 Å². The molecule has 1 heterocycles. The van der Waals surface area contributed by atoms with E-state index in [0.29, 0.717) is 17.4 Å². The average Bonchev–Trinajstić information content (AvgIpc) is 2.94. The van der Waals surface area contributed by atoms with Crippen molar-refractivity contribution in [1.82, 2.24) is 9.99 Å². The number of methoxy groups -OCH3 is 1. The van der Waals surface area contributed by atoms with Gasteiger partial charge in [-0.05, 0) is 56.7 Å². The molecular weight excluding hydrogens is 338 g/mol. The van der Waals surface area contributed by atoms with Crippen LogP contribution in [0.5, 0.6) is 5.75 Å². The van der Waals surface area contributed by atoms with E-state index in [4.69, 9.17) is 4.74 Å². The summed E-state index contributed by atoms with van der Waals surface area (Å²) >= 11 is 0. The highest BCUT2D eigenvalue weighted by Crippen LogP contribution is 2.26. The van der Waals surface area contributed by atoms with Gasteiger partial charge in [-0.2, -0.15) is 5.10 Å². The average molecular weight is 363 g/mol. The lowest BCUT2D eigenvalue weighted by molar-refractivity contribution is 0.0952. The molecule has 0 saturated heterocycles. The van der Waals surface area contributed by atoms with Crippen LogP contribution in [-0.2, 0) is 0 Å². The molecular formula is C22H25N3O2. The molecule has 0 aliphatic rings. The van der Waals surface area contributed by atoms with Gasteiger partial charge in [0.25, 0.3) is 5.91 Å². The van der Waals surface area contributed by atoms with Crippen LogP contribution >= 0.6 is 0 Å². The topological polar surface area (TPSA) is 55.6 Å². The predicted molar refractivity (Wildman–Crippen MR) is 110 cm³/mol. The quantitative estimate of drug-likeness (QED) is 0.531. The molecule has 0 radical (unpaired) electrons. The number of fused-ring (bicyclic) bond motifs is 1. The van der Waals surface area contributed by atoms with Crippen LogP contribution in [0.1, 0.15) is 47.2 Å². The van der Waals surface area contributed by atoms with E-state index in [2.05, 4.69) is 48.9 Å². The molecule has 0 fully saturated rings. The number of hydrazone groups is 1. The van der Waals surface area contributed by atoms with Crippen LogP contribution in [0.25, 0.3) is 10.8 Å². The zero-order chi connectivity index (χ0) is 19.6. The van der Waals surface area contributed by atoms with E-state index in [1.54, 1.807) is 13.3 Å². The van der Waals surface area contributed by atoms with Gasteiger partial charge in [-0.15, -0.1) is 0 Å². The van der Waals surface area contributed by atoms with Gasteiger partial charge in [-0.3, -0.25) is 4.79 Å². The number of aromatic nitrogens is 1. The Balaban J connectivity index is 1.83. The third-order valence-electron chi connectivity index (χ3n) is 4.72. The van der Waals surface area contributed by atoms with Gasteiger partial charge in [0, 0.05) is 23.0 Å². The Morgan fingerprint density at radius 2 is 1.81 bits per heavy atom. The highest BCUT2D eigenvalue weighted by Gasteiger charge is 2.14. The maximum Gasteiger partial charge on any atom is 0.275 e. The number of nitrogens with zero attached hydrogens (tertiary/aromatic N) is 2. The number of amides is 1. The van der Waals surface area contributed by atoms with Gasteiger partial charge >= 0.3 is 0 Å². The minimum Gasteiger partial charge on any atom is -0.496 e. The number of carbonyl (C=O) groups is 1. The Labute approximate surface area is 159 Å². The Kier molecular flexibility index (Phi) is 5.31. The number of carbonyl (C=O) groups excluding carboxylic acids is 1. The molecule has 1 amide bonds. The first kappa shape index (κ1) is 18.7. The third kappa shape index (κ3) is 3.72. The number of aryl methyl sites for hydroxylation is 1. The van der Waals surface area contributed by atoms with Crippen molar-refractivity contribution < 1.29 is 9.53 Å². The van der Waals surface area contributed by atoms with Crippen LogP contribution in [0.4, 0.5) is 0 Å². The van der Waals surface area contributed by atoms with Crippen molar-refractivity contribution in [1.29, 1.82) is 0 Å². The molecule has 5 nitrogen and oxygen atoms in total. The number of rotatable bonds is 5. The first-order chi connectivity index (χ1) is 12.9. The molecule has 5 heteroatoms. The Bertz CT molecular complexity index is 1020. The van der Waals surface area contributed by atoms with Crippen molar-refractivity contribution in [3.8, 4) is 5.75 Å². The lowest BCUT2D eigenvalue weighted by atomic mass is 10.1. The van der Waals surface area contributed by atoms with Crippen LogP contribution in [0.3, 0.4) is 0 Å². The van der Waals surface area contributed by atoms with E-state index in [9.17, 15) is 4.79 Å². The van der Waals surface area contributed by atoms with E-state index < -0.39 is 0 Å². The smallest absolute Gasteiger partial charge is 0.275 e. The third-order valence-corrected chi connectivity index (χ3v) is 4.72. The van der Waals surface area contributed by atoms with E-state index in [-0.39, 0.29) is 5.91 Å². The van der Waals surface area contributed by atoms with Gasteiger partial charge in [0.15, 0.2) is 0 Å². The molecule has 1 aromatic heterocycles. The number of ether oxygens (including phenoxy) is 1. The lowest BCUT2D eigenvalue weighted by Gasteiger charge is -2.13. The van der Waals surface area contributed by atoms with Gasteiger partial charge in [0.2, 0.25) is 0 Å². The summed E-state index contributed by atoms with van der Waals surface area (Å²) in [6, 6.07) is 14.0. The van der Waals surface area contributed by atoms with Gasteiger partial charge < -0.3 is 9.30 Å². The second-order valence-electron chi connectivity index (χ2n) is 6.89. The fraction of sp³-hybridized carbons (Fsp3) is 0.273. The van der Waals surface area contributed by atoms with Crippen molar-refractivity contribution in [2.75, 3.05) is 7.11 Å². The van der Waals surface area contributed by atoms with Crippen molar-refractivity contribution in [3.05, 3.63) is 65.0 Å². The fourth-order valence-corrected chi connectivity index (χ4v) is 3.51. The van der Waals surface area contributed by atoms with E-state index in [1.165, 1.54) is 5.69 Å². The zero-order valence-corrected chi connectivity index (χ0v) is 16.4. The zero-order valence-electron chi connectivity index (χ0n) is 16.4. The molecule has 3 aromatic rings. The molecule has 0 aliphatic heterocycles. The van der Waals surface area contributed by atoms with Crippen LogP contribution in [-0.4, -0.2) is 23.8 Å². The van der Waals surface area contributed by atoms with Gasteiger partial charge in [-0.25, -0.2) is 5.43 Å². The minimum absolute atomic E-state index is 0.300. The second kappa shape index (κ2) is 7.66. The molecule has 27 heavy (non-hydrogen) atoms. The van der Waals surface area contributed by atoms with Gasteiger partial charge in [0.1, 0.15) is 5.75 Å². The summed E-state index contributed by atoms with van der Waals surface area (Å²) in [7, 11) is 1.56. The summed E-state index contributed by atoms with van der Waals surface area (Å²) in [5, 5.41) is 6.16. The number of nitrogens with one attached hydrogen (secondary N) is 1. The van der Waals surface area contributed by atoms with Crippen molar-refractivity contribution >= 4 is 22.9 Å². The highest BCUT2D eigenvalue weighted by atomic mass is 16.5. The normalized spacial score (nSPS) is 11.5. The Morgan fingerprint density at radius 1 is 1.15 bits per heavy atom. The monoisotopic (exact) mass is 363 g/mol. The van der Waals surface area contributed by atoms with E-state index in [0.717, 1.165) is 22.0 Å². The molecule has 0 bridgehead atoms. The van der Waals surface area contributed by atoms with Gasteiger partial charge in [-0.1, -0.05) is 24.3 Å². The summed E-state index contributed by atoms with van der Waals surface area (Å²) in [5.74, 6) is 0.228. The molecule has 0 unspecified atom stereocenters. The van der Waals surface area contributed by atoms with E-state index >= 15 is 0 Å². The second-order valence-corrected chi connectivity index (χ2v) is 6.89. The van der Waals surface area contributed by atoms with Crippen LogP contribution in [0, 0.1) is 13.8 Å². The molecule has 2 aromatic carbocycles. The summed E-state index contributed by atoms with van der Waals surface area (Å²) in [6.45, 7) is 8.43. The summed E-state index contributed by atoms with van der Waals surface area (Å²) in [4.78, 5) is 12.6. The summed E-state index contributed by atoms with van der Waals surface area (Å²) in [6.07, 6.45) is 1.69. The Morgan fingerprint density at radius 3 is 2.41 bits per heavy atom. The van der Waals surface area contributed by atoms with E-state index in [1.807, 2.05) is 36.4 Å². The lowest BCUT2D eigenvalue weighted by Crippen LogP contribution is -2.18. The fourth-order valence-electron chi connectivity index (χ4n) is 3.51. The molecule has 0 saturated carbocycles. The SMILES string of the molecule is COc1cc2ccccc2cc1C(=O)N/N=C\c1cc(C)n(C(C)C)c1C. The minimum atomic E-state index is -0.300. The maximum absolute atomic E-state index is 12.6. The first-order valence-electron chi connectivity index (χ1n) is 9.01. The van der Waals surface area contributed by atoms with Crippen molar-refractivity contribution in [2.24, 2.45) is 5.10 Å². The number of hydrogen-bond donors (Lipinski definition) is 1. The molecule has 0 aliphatic carbocycles. The van der Waals surface area contributed by atoms with Crippen LogP contribution < -0.4 is 10.2 Å². The molecule has 140 valence electrons. The maximum atomic E-state index is 12.6. The Hall–Kier alpha value is -3.08. The predicted octanol–water partition coefficient (Wildman–Crippen LogP) is 4.61. The number of benzene rings is 2. The summed E-state index contributed by atoms with van der Waals surface area (Å²) < 4.78 is 7.63. The van der Waals surface area contributed by atoms with Gasteiger partial charge in [0.05, 0.1) is 18.9 Å². The van der Waals surface area contributed by atoms with Crippen molar-refractivity contribution in [2.45, 2.75) is 33.7 Å². The molecule has 3 rings (SSSR count). The largest absolute Gasteiger partial charge is 0.496 e. The van der Waals surface area contributed by atoms with Crippen LogP contribution in [0.15, 0.2) is 47.6 Å². The molecule has 0 atom stereocenters. The molecule has 1 N–H and O–H groups in total.